The topological polar surface area (TPSA) is 58.1 Å². The van der Waals surface area contributed by atoms with Crippen molar-refractivity contribution < 1.29 is 4.79 Å². The Labute approximate surface area is 114 Å². The zero-order valence-electron chi connectivity index (χ0n) is 11.9. The van der Waals surface area contributed by atoms with Crippen LogP contribution < -0.4 is 10.2 Å². The predicted molar refractivity (Wildman–Crippen MR) is 75.3 cm³/mol. The van der Waals surface area contributed by atoms with E-state index in [2.05, 4.69) is 20.2 Å². The number of nitrogens with one attached hydrogen (secondary N) is 1. The number of carbonyl (C=O) groups is 1. The molecule has 1 N–H and O–H groups in total. The number of hydrogen-bond acceptors (Lipinski definition) is 4. The zero-order chi connectivity index (χ0) is 13.9. The summed E-state index contributed by atoms with van der Waals surface area (Å²) in [5.74, 6) is 0.710. The quantitative estimate of drug-likeness (QED) is 0.885. The number of carbonyl (C=O) groups excluding carboxylic acids is 1. The van der Waals surface area contributed by atoms with Crippen LogP contribution in [-0.4, -0.2) is 34.5 Å². The van der Waals surface area contributed by atoms with Gasteiger partial charge in [0.25, 0.3) is 5.91 Å². The molecular weight excluding hydrogens is 240 g/mol. The molecule has 1 aliphatic rings. The fourth-order valence-electron chi connectivity index (χ4n) is 2.17. The zero-order valence-corrected chi connectivity index (χ0v) is 11.9. The van der Waals surface area contributed by atoms with E-state index >= 15 is 0 Å². The molecule has 0 saturated carbocycles. The average molecular weight is 262 g/mol. The second-order valence-electron chi connectivity index (χ2n) is 6.01. The van der Waals surface area contributed by atoms with Crippen molar-refractivity contribution in [3.05, 3.63) is 18.1 Å². The van der Waals surface area contributed by atoms with Crippen LogP contribution in [0.3, 0.4) is 0 Å². The largest absolute Gasteiger partial charge is 0.357 e. The number of rotatable bonds is 2. The van der Waals surface area contributed by atoms with Crippen molar-refractivity contribution in [1.29, 1.82) is 0 Å². The van der Waals surface area contributed by atoms with E-state index in [1.165, 1.54) is 25.6 Å². The molecule has 0 aliphatic carbocycles. The Morgan fingerprint density at radius 2 is 1.89 bits per heavy atom. The number of anilines is 1. The molecule has 104 valence electrons. The number of aromatic nitrogens is 2. The minimum absolute atomic E-state index is 0.145. The van der Waals surface area contributed by atoms with Crippen molar-refractivity contribution >= 4 is 11.7 Å². The summed E-state index contributed by atoms with van der Waals surface area (Å²) >= 11 is 0. The van der Waals surface area contributed by atoms with Crippen LogP contribution in [0.25, 0.3) is 0 Å². The molecule has 0 radical (unpaired) electrons. The van der Waals surface area contributed by atoms with Gasteiger partial charge in [-0.2, -0.15) is 0 Å². The van der Waals surface area contributed by atoms with E-state index in [9.17, 15) is 4.79 Å². The third-order valence-electron chi connectivity index (χ3n) is 3.05. The van der Waals surface area contributed by atoms with Crippen LogP contribution in [0.1, 0.15) is 50.5 Å². The van der Waals surface area contributed by atoms with Gasteiger partial charge in [0.1, 0.15) is 17.8 Å². The molecule has 1 aromatic heterocycles. The van der Waals surface area contributed by atoms with Gasteiger partial charge in [-0.15, -0.1) is 0 Å². The molecule has 1 amide bonds. The first-order valence-corrected chi connectivity index (χ1v) is 6.85. The molecule has 2 heterocycles. The van der Waals surface area contributed by atoms with Crippen molar-refractivity contribution in [3.8, 4) is 0 Å². The predicted octanol–water partition coefficient (Wildman–Crippen LogP) is 2.00. The normalized spacial score (nSPS) is 16.3. The van der Waals surface area contributed by atoms with Crippen LogP contribution in [0.15, 0.2) is 12.4 Å². The van der Waals surface area contributed by atoms with E-state index in [4.69, 9.17) is 0 Å². The van der Waals surface area contributed by atoms with Crippen molar-refractivity contribution in [3.63, 3.8) is 0 Å². The summed E-state index contributed by atoms with van der Waals surface area (Å²) in [4.78, 5) is 22.6. The summed E-state index contributed by atoms with van der Waals surface area (Å²) < 4.78 is 0. The second-order valence-corrected chi connectivity index (χ2v) is 6.01. The Morgan fingerprint density at radius 3 is 2.53 bits per heavy atom. The van der Waals surface area contributed by atoms with Crippen LogP contribution >= 0.6 is 0 Å². The average Bonchev–Trinajstić information content (AvgIpc) is 2.38. The van der Waals surface area contributed by atoms with Gasteiger partial charge < -0.3 is 10.2 Å². The minimum atomic E-state index is -0.257. The van der Waals surface area contributed by atoms with E-state index in [0.717, 1.165) is 18.9 Å². The second kappa shape index (κ2) is 5.55. The number of piperidine rings is 1. The molecule has 0 bridgehead atoms. The van der Waals surface area contributed by atoms with Crippen LogP contribution in [0.5, 0.6) is 0 Å². The highest BCUT2D eigenvalue weighted by atomic mass is 16.2. The fourth-order valence-corrected chi connectivity index (χ4v) is 2.17. The Balaban J connectivity index is 2.12. The standard InChI is InChI=1S/C14H22N4O/c1-14(2,3)17-13(19)11-9-12(16-10-15-11)18-7-5-4-6-8-18/h9-10H,4-8H2,1-3H3,(H,17,19). The third kappa shape index (κ3) is 3.91. The molecule has 1 saturated heterocycles. The van der Waals surface area contributed by atoms with E-state index in [0.29, 0.717) is 5.69 Å². The van der Waals surface area contributed by atoms with Gasteiger partial charge in [0, 0.05) is 24.7 Å². The van der Waals surface area contributed by atoms with Crippen LogP contribution in [-0.2, 0) is 0 Å². The summed E-state index contributed by atoms with van der Waals surface area (Å²) in [5.41, 5.74) is 0.179. The maximum Gasteiger partial charge on any atom is 0.270 e. The maximum absolute atomic E-state index is 12.1. The number of amides is 1. The summed E-state index contributed by atoms with van der Waals surface area (Å²) in [7, 11) is 0. The Morgan fingerprint density at radius 1 is 1.21 bits per heavy atom. The van der Waals surface area contributed by atoms with Gasteiger partial charge in [-0.1, -0.05) is 0 Å². The van der Waals surface area contributed by atoms with Crippen molar-refractivity contribution in [1.82, 2.24) is 15.3 Å². The van der Waals surface area contributed by atoms with Gasteiger partial charge >= 0.3 is 0 Å². The lowest BCUT2D eigenvalue weighted by Crippen LogP contribution is -2.41. The Kier molecular flexibility index (Phi) is 4.02. The van der Waals surface area contributed by atoms with Gasteiger partial charge in [0.05, 0.1) is 0 Å². The summed E-state index contributed by atoms with van der Waals surface area (Å²) in [6.45, 7) is 7.89. The first-order valence-electron chi connectivity index (χ1n) is 6.85. The van der Waals surface area contributed by atoms with Gasteiger partial charge in [0.15, 0.2) is 0 Å². The fraction of sp³-hybridized carbons (Fsp3) is 0.643. The van der Waals surface area contributed by atoms with Gasteiger partial charge in [0.2, 0.25) is 0 Å². The molecule has 0 spiro atoms. The van der Waals surface area contributed by atoms with Crippen LogP contribution in [0, 0.1) is 0 Å². The van der Waals surface area contributed by atoms with Gasteiger partial charge in [-0.25, -0.2) is 9.97 Å². The minimum Gasteiger partial charge on any atom is -0.357 e. The molecule has 1 aliphatic heterocycles. The lowest BCUT2D eigenvalue weighted by atomic mass is 10.1. The molecule has 19 heavy (non-hydrogen) atoms. The maximum atomic E-state index is 12.1. The molecule has 2 rings (SSSR count). The Bertz CT molecular complexity index is 447. The highest BCUT2D eigenvalue weighted by molar-refractivity contribution is 5.93. The first-order chi connectivity index (χ1) is 8.96. The van der Waals surface area contributed by atoms with Crippen LogP contribution in [0.4, 0.5) is 5.82 Å². The molecule has 5 nitrogen and oxygen atoms in total. The van der Waals surface area contributed by atoms with Crippen molar-refractivity contribution in [2.75, 3.05) is 18.0 Å². The molecule has 5 heteroatoms. The van der Waals surface area contributed by atoms with Crippen molar-refractivity contribution in [2.24, 2.45) is 0 Å². The molecule has 0 aromatic carbocycles. The van der Waals surface area contributed by atoms with E-state index in [1.807, 2.05) is 20.8 Å². The third-order valence-corrected chi connectivity index (χ3v) is 3.05. The lowest BCUT2D eigenvalue weighted by Gasteiger charge is -2.27. The van der Waals surface area contributed by atoms with E-state index in [1.54, 1.807) is 6.07 Å². The number of nitrogens with zero attached hydrogens (tertiary/aromatic N) is 3. The molecular formula is C14H22N4O. The van der Waals surface area contributed by atoms with E-state index < -0.39 is 0 Å². The SMILES string of the molecule is CC(C)(C)NC(=O)c1cc(N2CCCCC2)ncn1. The Hall–Kier alpha value is -1.65. The number of hydrogen-bond donors (Lipinski definition) is 1. The first kappa shape index (κ1) is 13.8. The highest BCUT2D eigenvalue weighted by Crippen LogP contribution is 2.17. The van der Waals surface area contributed by atoms with E-state index in [-0.39, 0.29) is 11.4 Å². The summed E-state index contributed by atoms with van der Waals surface area (Å²) in [5, 5.41) is 2.92. The molecule has 0 unspecified atom stereocenters. The smallest absolute Gasteiger partial charge is 0.270 e. The lowest BCUT2D eigenvalue weighted by molar-refractivity contribution is 0.0914. The highest BCUT2D eigenvalue weighted by Gasteiger charge is 2.18. The molecule has 1 fully saturated rings. The van der Waals surface area contributed by atoms with Crippen molar-refractivity contribution in [2.45, 2.75) is 45.6 Å². The molecule has 1 aromatic rings. The summed E-state index contributed by atoms with van der Waals surface area (Å²) in [6.07, 6.45) is 5.13. The monoisotopic (exact) mass is 262 g/mol. The van der Waals surface area contributed by atoms with Gasteiger partial charge in [-0.05, 0) is 40.0 Å². The summed E-state index contributed by atoms with van der Waals surface area (Å²) in [6, 6.07) is 1.78. The van der Waals surface area contributed by atoms with Gasteiger partial charge in [-0.3, -0.25) is 4.79 Å². The molecule has 0 atom stereocenters. The van der Waals surface area contributed by atoms with Crippen LogP contribution in [0.2, 0.25) is 0 Å².